The van der Waals surface area contributed by atoms with Crippen molar-refractivity contribution in [3.05, 3.63) is 83.9 Å². The average molecular weight is 498 g/mol. The number of methoxy groups -OCH3 is 2. The second kappa shape index (κ2) is 11.2. The van der Waals surface area contributed by atoms with Gasteiger partial charge in [-0.2, -0.15) is 5.10 Å². The molecule has 2 N–H and O–H groups in total. The van der Waals surface area contributed by atoms with E-state index in [-0.39, 0.29) is 21.9 Å². The molecule has 0 aliphatic rings. The first-order chi connectivity index (χ1) is 16.8. The fourth-order valence-corrected chi connectivity index (χ4v) is 4.51. The molecular formula is C24H23N3O7S. The quantitative estimate of drug-likeness (QED) is 0.325. The molecule has 0 aliphatic carbocycles. The van der Waals surface area contributed by atoms with Gasteiger partial charge >= 0.3 is 5.97 Å². The second-order valence-electron chi connectivity index (χ2n) is 7.08. The van der Waals surface area contributed by atoms with Crippen molar-refractivity contribution < 1.29 is 32.6 Å². The van der Waals surface area contributed by atoms with Crippen LogP contribution in [-0.2, 0) is 14.8 Å². The molecule has 0 radical (unpaired) electrons. The van der Waals surface area contributed by atoms with E-state index >= 15 is 0 Å². The molecule has 0 saturated heterocycles. The van der Waals surface area contributed by atoms with E-state index < -0.39 is 28.4 Å². The van der Waals surface area contributed by atoms with Crippen LogP contribution in [0.5, 0.6) is 11.5 Å². The zero-order valence-electron chi connectivity index (χ0n) is 18.9. The van der Waals surface area contributed by atoms with Crippen LogP contribution in [-0.4, -0.2) is 52.4 Å². The number of para-hydroxylation sites is 1. The van der Waals surface area contributed by atoms with Gasteiger partial charge < -0.3 is 14.6 Å². The van der Waals surface area contributed by atoms with E-state index in [4.69, 9.17) is 14.6 Å². The first-order valence-corrected chi connectivity index (χ1v) is 11.7. The Morgan fingerprint density at radius 3 is 2.23 bits per heavy atom. The van der Waals surface area contributed by atoms with E-state index in [1.165, 1.54) is 62.9 Å². The van der Waals surface area contributed by atoms with E-state index in [1.54, 1.807) is 30.3 Å². The number of nitrogens with zero attached hydrogens (tertiary/aromatic N) is 2. The summed E-state index contributed by atoms with van der Waals surface area (Å²) >= 11 is 0. The minimum atomic E-state index is -4.17. The van der Waals surface area contributed by atoms with E-state index in [0.29, 0.717) is 11.3 Å². The third-order valence-corrected chi connectivity index (χ3v) is 6.60. The third kappa shape index (κ3) is 6.15. The van der Waals surface area contributed by atoms with Gasteiger partial charge in [-0.05, 0) is 42.0 Å². The van der Waals surface area contributed by atoms with Crippen molar-refractivity contribution in [3.8, 4) is 11.5 Å². The molecule has 0 bridgehead atoms. The van der Waals surface area contributed by atoms with Crippen molar-refractivity contribution in [2.24, 2.45) is 5.10 Å². The number of carbonyl (C=O) groups is 2. The van der Waals surface area contributed by atoms with Crippen molar-refractivity contribution in [2.75, 3.05) is 25.1 Å². The maximum absolute atomic E-state index is 13.5. The number of hydrazone groups is 1. The van der Waals surface area contributed by atoms with Crippen LogP contribution >= 0.6 is 0 Å². The van der Waals surface area contributed by atoms with Gasteiger partial charge in [0, 0.05) is 6.07 Å². The Hall–Kier alpha value is -4.38. The smallest absolute Gasteiger partial charge is 0.335 e. The molecule has 0 spiro atoms. The molecule has 0 heterocycles. The summed E-state index contributed by atoms with van der Waals surface area (Å²) < 4.78 is 38.3. The van der Waals surface area contributed by atoms with Crippen molar-refractivity contribution in [2.45, 2.75) is 4.90 Å². The van der Waals surface area contributed by atoms with E-state index in [0.717, 1.165) is 4.31 Å². The predicted octanol–water partition coefficient (Wildman–Crippen LogP) is 2.75. The number of carbonyl (C=O) groups excluding carboxylic acids is 1. The van der Waals surface area contributed by atoms with E-state index in [9.17, 15) is 18.0 Å². The molecule has 3 aromatic carbocycles. The van der Waals surface area contributed by atoms with Gasteiger partial charge in [0.15, 0.2) is 11.5 Å². The minimum absolute atomic E-state index is 0.0891. The summed E-state index contributed by atoms with van der Waals surface area (Å²) in [6.45, 7) is -0.546. The molecule has 10 nitrogen and oxygen atoms in total. The van der Waals surface area contributed by atoms with Crippen LogP contribution < -0.4 is 19.2 Å². The summed E-state index contributed by atoms with van der Waals surface area (Å²) in [7, 11) is -1.34. The normalized spacial score (nSPS) is 11.1. The number of carboxylic acid groups (broad SMARTS) is 1. The lowest BCUT2D eigenvalue weighted by atomic mass is 10.1. The van der Waals surface area contributed by atoms with Gasteiger partial charge in [0.25, 0.3) is 15.9 Å². The molecule has 1 amide bonds. The van der Waals surface area contributed by atoms with Crippen LogP contribution in [0.2, 0.25) is 0 Å². The highest BCUT2D eigenvalue weighted by molar-refractivity contribution is 7.92. The predicted molar refractivity (Wildman–Crippen MR) is 130 cm³/mol. The van der Waals surface area contributed by atoms with Gasteiger partial charge in [-0.15, -0.1) is 0 Å². The highest BCUT2D eigenvalue weighted by Crippen LogP contribution is 2.32. The van der Waals surface area contributed by atoms with E-state index in [2.05, 4.69) is 10.5 Å². The number of ether oxygens (including phenoxy) is 2. The second-order valence-corrected chi connectivity index (χ2v) is 8.95. The SMILES string of the molecule is COc1ccc(S(=O)(=O)N(CC(=O)N/N=C\c2ccc(C(=O)O)cc2)c2ccccc2)cc1OC. The molecule has 182 valence electrons. The highest BCUT2D eigenvalue weighted by Gasteiger charge is 2.28. The van der Waals surface area contributed by atoms with Gasteiger partial charge in [0.1, 0.15) is 6.54 Å². The summed E-state index contributed by atoms with van der Waals surface area (Å²) in [4.78, 5) is 23.4. The number of anilines is 1. The molecule has 0 fully saturated rings. The molecule has 0 saturated carbocycles. The van der Waals surface area contributed by atoms with E-state index in [1.807, 2.05) is 0 Å². The monoisotopic (exact) mass is 497 g/mol. The number of nitrogens with one attached hydrogen (secondary N) is 1. The summed E-state index contributed by atoms with van der Waals surface area (Å²) in [6.07, 6.45) is 1.32. The van der Waals surface area contributed by atoms with Crippen LogP contribution in [0.3, 0.4) is 0 Å². The van der Waals surface area contributed by atoms with Crippen LogP contribution in [0.15, 0.2) is 82.8 Å². The molecule has 35 heavy (non-hydrogen) atoms. The topological polar surface area (TPSA) is 135 Å². The highest BCUT2D eigenvalue weighted by atomic mass is 32.2. The Morgan fingerprint density at radius 1 is 0.971 bits per heavy atom. The number of hydrogen-bond acceptors (Lipinski definition) is 7. The Balaban J connectivity index is 1.82. The van der Waals surface area contributed by atoms with Crippen molar-refractivity contribution in [1.29, 1.82) is 0 Å². The summed E-state index contributed by atoms with van der Waals surface area (Å²) in [5.41, 5.74) is 3.24. The number of carboxylic acids is 1. The molecule has 0 unspecified atom stereocenters. The summed E-state index contributed by atoms with van der Waals surface area (Å²) in [5.74, 6) is -1.15. The lowest BCUT2D eigenvalue weighted by molar-refractivity contribution is -0.119. The van der Waals surface area contributed by atoms with Gasteiger partial charge in [-0.3, -0.25) is 9.10 Å². The van der Waals surface area contributed by atoms with Crippen LogP contribution in [0.4, 0.5) is 5.69 Å². The molecular weight excluding hydrogens is 474 g/mol. The third-order valence-electron chi connectivity index (χ3n) is 4.83. The number of aromatic carboxylic acids is 1. The number of rotatable bonds is 10. The first kappa shape index (κ1) is 25.2. The number of benzene rings is 3. The fourth-order valence-electron chi connectivity index (χ4n) is 3.07. The van der Waals surface area contributed by atoms with Gasteiger partial charge in [0.05, 0.1) is 36.6 Å². The lowest BCUT2D eigenvalue weighted by Crippen LogP contribution is -2.39. The fraction of sp³-hybridized carbons (Fsp3) is 0.125. The summed E-state index contributed by atoms with van der Waals surface area (Å²) in [5, 5.41) is 12.8. The minimum Gasteiger partial charge on any atom is -0.493 e. The van der Waals surface area contributed by atoms with Crippen molar-refractivity contribution in [1.82, 2.24) is 5.43 Å². The molecule has 11 heteroatoms. The van der Waals surface area contributed by atoms with Crippen LogP contribution in [0, 0.1) is 0 Å². The Kier molecular flexibility index (Phi) is 8.05. The Labute approximate surface area is 202 Å². The van der Waals surface area contributed by atoms with Gasteiger partial charge in [-0.25, -0.2) is 18.6 Å². The average Bonchev–Trinajstić information content (AvgIpc) is 2.87. The number of sulfonamides is 1. The maximum atomic E-state index is 13.5. The van der Waals surface area contributed by atoms with Crippen molar-refractivity contribution >= 4 is 33.8 Å². The Bertz CT molecular complexity index is 1320. The van der Waals surface area contributed by atoms with Crippen LogP contribution in [0.25, 0.3) is 0 Å². The van der Waals surface area contributed by atoms with Crippen molar-refractivity contribution in [3.63, 3.8) is 0 Å². The molecule has 0 aromatic heterocycles. The number of amides is 1. The van der Waals surface area contributed by atoms with Gasteiger partial charge in [0.2, 0.25) is 0 Å². The molecule has 0 atom stereocenters. The zero-order valence-corrected chi connectivity index (χ0v) is 19.7. The lowest BCUT2D eigenvalue weighted by Gasteiger charge is -2.24. The first-order valence-electron chi connectivity index (χ1n) is 10.2. The maximum Gasteiger partial charge on any atom is 0.335 e. The molecule has 3 aromatic rings. The molecule has 3 rings (SSSR count). The summed E-state index contributed by atoms with van der Waals surface area (Å²) in [6, 6.07) is 18.2. The zero-order chi connectivity index (χ0) is 25.4. The Morgan fingerprint density at radius 2 is 1.63 bits per heavy atom. The number of hydrogen-bond donors (Lipinski definition) is 2. The largest absolute Gasteiger partial charge is 0.493 e. The van der Waals surface area contributed by atoms with Gasteiger partial charge in [-0.1, -0.05) is 30.3 Å². The standard InChI is InChI=1S/C24H23N3O7S/c1-33-21-13-12-20(14-22(21)34-2)35(31,32)27(19-6-4-3-5-7-19)16-23(28)26-25-15-17-8-10-18(11-9-17)24(29)30/h3-15H,16H2,1-2H3,(H,26,28)(H,29,30)/b25-15-. The van der Waals surface area contributed by atoms with Crippen LogP contribution in [0.1, 0.15) is 15.9 Å². The molecule has 0 aliphatic heterocycles.